The van der Waals surface area contributed by atoms with Gasteiger partial charge >= 0.3 is 5.97 Å². The minimum Gasteiger partial charge on any atom is -0.493 e. The van der Waals surface area contributed by atoms with E-state index in [1.54, 1.807) is 4.90 Å². The summed E-state index contributed by atoms with van der Waals surface area (Å²) in [5, 5.41) is 9.88. The molecule has 2 atom stereocenters. The summed E-state index contributed by atoms with van der Waals surface area (Å²) < 4.78 is 5.82. The number of carbonyl (C=O) groups is 2. The van der Waals surface area contributed by atoms with Gasteiger partial charge < -0.3 is 14.7 Å². The number of para-hydroxylation sites is 1. The molecule has 1 N–H and O–H groups in total. The summed E-state index contributed by atoms with van der Waals surface area (Å²) in [4.78, 5) is 25.9. The van der Waals surface area contributed by atoms with Gasteiger partial charge in [0.1, 0.15) is 5.75 Å². The van der Waals surface area contributed by atoms with Crippen molar-refractivity contribution in [3.8, 4) is 5.75 Å². The van der Waals surface area contributed by atoms with Crippen LogP contribution < -0.4 is 4.74 Å². The number of aliphatic carboxylic acids is 1. The fraction of sp³-hybridized carbons (Fsp3) is 0.500. The highest BCUT2D eigenvalue weighted by Crippen LogP contribution is 2.44. The lowest BCUT2D eigenvalue weighted by atomic mass is 9.74. The minimum atomic E-state index is -0.944. The van der Waals surface area contributed by atoms with E-state index in [2.05, 4.69) is 0 Å². The molecule has 0 aliphatic carbocycles. The summed E-state index contributed by atoms with van der Waals surface area (Å²) in [5.41, 5.74) is -0.0349. The number of benzene rings is 1. The van der Waals surface area contributed by atoms with E-state index in [0.717, 1.165) is 11.3 Å². The summed E-state index contributed by atoms with van der Waals surface area (Å²) in [6.07, 6.45) is 2.28. The molecule has 1 saturated heterocycles. The first-order valence-corrected chi connectivity index (χ1v) is 8.67. The van der Waals surface area contributed by atoms with Crippen molar-refractivity contribution in [1.29, 1.82) is 0 Å². The smallest absolute Gasteiger partial charge is 0.312 e. The minimum absolute atomic E-state index is 0.00878. The van der Waals surface area contributed by atoms with E-state index in [1.807, 2.05) is 30.5 Å². The van der Waals surface area contributed by atoms with E-state index in [-0.39, 0.29) is 18.4 Å². The van der Waals surface area contributed by atoms with Crippen molar-refractivity contribution < 1.29 is 19.4 Å². The number of thioether (sulfide) groups is 1. The third-order valence-corrected chi connectivity index (χ3v) is 5.20. The van der Waals surface area contributed by atoms with Crippen molar-refractivity contribution in [1.82, 2.24) is 4.90 Å². The van der Waals surface area contributed by atoms with Crippen molar-refractivity contribution in [3.05, 3.63) is 29.8 Å². The van der Waals surface area contributed by atoms with Crippen LogP contribution in [0.1, 0.15) is 5.56 Å². The third-order valence-electron chi connectivity index (χ3n) is 4.66. The number of hydrogen-bond donors (Lipinski definition) is 1. The topological polar surface area (TPSA) is 66.8 Å². The molecule has 1 aromatic carbocycles. The molecule has 1 fully saturated rings. The number of fused-ring (bicyclic) bond motifs is 2. The molecule has 0 saturated carbocycles. The average molecular weight is 321 g/mol. The lowest BCUT2D eigenvalue weighted by Crippen LogP contribution is -2.42. The van der Waals surface area contributed by atoms with E-state index < -0.39 is 11.4 Å². The van der Waals surface area contributed by atoms with Gasteiger partial charge in [-0.05, 0) is 24.3 Å². The van der Waals surface area contributed by atoms with Crippen molar-refractivity contribution in [2.45, 2.75) is 6.42 Å². The van der Waals surface area contributed by atoms with E-state index in [9.17, 15) is 14.7 Å². The molecule has 0 radical (unpaired) electrons. The fourth-order valence-electron chi connectivity index (χ4n) is 3.43. The first-order chi connectivity index (χ1) is 10.6. The molecule has 2 heterocycles. The first kappa shape index (κ1) is 15.2. The Hall–Kier alpha value is -1.69. The van der Waals surface area contributed by atoms with Crippen LogP contribution in [-0.2, 0) is 16.0 Å². The van der Waals surface area contributed by atoms with Crippen molar-refractivity contribution in [2.24, 2.45) is 11.3 Å². The Morgan fingerprint density at radius 3 is 2.95 bits per heavy atom. The van der Waals surface area contributed by atoms with Crippen molar-refractivity contribution >= 4 is 23.6 Å². The quantitative estimate of drug-likeness (QED) is 0.914. The first-order valence-electron chi connectivity index (χ1n) is 7.27. The predicted molar refractivity (Wildman–Crippen MR) is 84.2 cm³/mol. The highest BCUT2D eigenvalue weighted by Gasteiger charge is 2.55. The molecule has 0 unspecified atom stereocenters. The molecule has 0 aromatic heterocycles. The van der Waals surface area contributed by atoms with E-state index in [1.165, 1.54) is 11.8 Å². The Balaban J connectivity index is 1.93. The second-order valence-corrected chi connectivity index (χ2v) is 6.83. The number of ether oxygens (including phenoxy) is 1. The molecule has 1 amide bonds. The van der Waals surface area contributed by atoms with Crippen LogP contribution in [0.3, 0.4) is 0 Å². The highest BCUT2D eigenvalue weighted by atomic mass is 32.2. The van der Waals surface area contributed by atoms with E-state index in [4.69, 9.17) is 4.74 Å². The number of carboxylic acids is 1. The summed E-state index contributed by atoms with van der Waals surface area (Å²) >= 11 is 1.46. The third kappa shape index (κ3) is 2.45. The Morgan fingerprint density at radius 1 is 1.45 bits per heavy atom. The SMILES string of the molecule is CSCC(=O)N1C[C@@H]2COc3ccccc3C[C@]2(C(=O)O)C1. The molecule has 0 spiro atoms. The van der Waals surface area contributed by atoms with Gasteiger partial charge in [-0.1, -0.05) is 18.2 Å². The Labute approximate surface area is 133 Å². The summed E-state index contributed by atoms with van der Waals surface area (Å²) in [5.74, 6) is 0.148. The second-order valence-electron chi connectivity index (χ2n) is 5.96. The number of likely N-dealkylation sites (tertiary alicyclic amines) is 1. The number of rotatable bonds is 3. The molecule has 118 valence electrons. The van der Waals surface area contributed by atoms with Gasteiger partial charge in [-0.15, -0.1) is 0 Å². The highest BCUT2D eigenvalue weighted by molar-refractivity contribution is 7.99. The Morgan fingerprint density at radius 2 is 2.23 bits per heavy atom. The van der Waals surface area contributed by atoms with Gasteiger partial charge in [0, 0.05) is 19.0 Å². The summed E-state index contributed by atoms with van der Waals surface area (Å²) in [6.45, 7) is 1.07. The zero-order valence-electron chi connectivity index (χ0n) is 12.4. The Bertz CT molecular complexity index is 606. The van der Waals surface area contributed by atoms with Crippen LogP contribution in [0.2, 0.25) is 0 Å². The van der Waals surface area contributed by atoms with E-state index in [0.29, 0.717) is 25.3 Å². The van der Waals surface area contributed by atoms with Gasteiger partial charge in [-0.25, -0.2) is 0 Å². The van der Waals surface area contributed by atoms with Gasteiger partial charge in [0.15, 0.2) is 0 Å². The maximum absolute atomic E-state index is 12.2. The van der Waals surface area contributed by atoms with Gasteiger partial charge in [0.05, 0.1) is 17.8 Å². The van der Waals surface area contributed by atoms with Crippen LogP contribution in [0.15, 0.2) is 24.3 Å². The van der Waals surface area contributed by atoms with Crippen molar-refractivity contribution in [2.75, 3.05) is 31.7 Å². The predicted octanol–water partition coefficient (Wildman–Crippen LogP) is 1.51. The summed E-state index contributed by atoms with van der Waals surface area (Å²) in [6, 6.07) is 7.57. The molecule has 5 nitrogen and oxygen atoms in total. The number of carboxylic acid groups (broad SMARTS) is 1. The Kier molecular flexibility index (Phi) is 4.04. The molecular weight excluding hydrogens is 302 g/mol. The summed E-state index contributed by atoms with van der Waals surface area (Å²) in [7, 11) is 0. The lowest BCUT2D eigenvalue weighted by molar-refractivity contribution is -0.151. The fourth-order valence-corrected chi connectivity index (χ4v) is 3.86. The monoisotopic (exact) mass is 321 g/mol. The van der Waals surface area contributed by atoms with Gasteiger partial charge in [-0.3, -0.25) is 9.59 Å². The molecule has 22 heavy (non-hydrogen) atoms. The molecule has 0 bridgehead atoms. The molecule has 1 aromatic rings. The molecule has 3 rings (SSSR count). The number of amides is 1. The normalized spacial score (nSPS) is 26.6. The largest absolute Gasteiger partial charge is 0.493 e. The lowest BCUT2D eigenvalue weighted by Gasteiger charge is -2.27. The second kappa shape index (κ2) is 5.83. The van der Waals surface area contributed by atoms with Gasteiger partial charge in [0.2, 0.25) is 5.91 Å². The van der Waals surface area contributed by atoms with Gasteiger partial charge in [-0.2, -0.15) is 11.8 Å². The molecule has 2 aliphatic heterocycles. The number of nitrogens with zero attached hydrogens (tertiary/aromatic N) is 1. The van der Waals surface area contributed by atoms with E-state index >= 15 is 0 Å². The van der Waals surface area contributed by atoms with Gasteiger partial charge in [0.25, 0.3) is 0 Å². The number of carbonyl (C=O) groups excluding carboxylic acids is 1. The molecule has 6 heteroatoms. The maximum atomic E-state index is 12.2. The van der Waals surface area contributed by atoms with Crippen LogP contribution >= 0.6 is 11.8 Å². The number of hydrogen-bond acceptors (Lipinski definition) is 4. The van der Waals surface area contributed by atoms with Crippen LogP contribution in [0.25, 0.3) is 0 Å². The van der Waals surface area contributed by atoms with Crippen LogP contribution in [0.5, 0.6) is 5.75 Å². The molecule has 2 aliphatic rings. The van der Waals surface area contributed by atoms with Crippen LogP contribution in [0, 0.1) is 11.3 Å². The standard InChI is InChI=1S/C16H19NO4S/c1-22-9-14(18)17-7-12-8-21-13-5-3-2-4-11(13)6-16(12,10-17)15(19)20/h2-5,12H,6-10H2,1H3,(H,19,20)/t12-,16+/m1/s1. The zero-order valence-corrected chi connectivity index (χ0v) is 13.3. The van der Waals surface area contributed by atoms with Crippen LogP contribution in [0.4, 0.5) is 0 Å². The van der Waals surface area contributed by atoms with Crippen LogP contribution in [-0.4, -0.2) is 53.6 Å². The zero-order chi connectivity index (χ0) is 15.7. The maximum Gasteiger partial charge on any atom is 0.312 e. The van der Waals surface area contributed by atoms with Crippen molar-refractivity contribution in [3.63, 3.8) is 0 Å². The molecular formula is C16H19NO4S. The average Bonchev–Trinajstić information content (AvgIpc) is 2.79.